The second-order valence-corrected chi connectivity index (χ2v) is 5.76. The van der Waals surface area contributed by atoms with Crippen molar-refractivity contribution in [3.8, 4) is 0 Å². The predicted molar refractivity (Wildman–Crippen MR) is 42.9 cm³/mol. The van der Waals surface area contributed by atoms with E-state index in [9.17, 15) is 30.0 Å². The molecule has 12 heteroatoms. The number of hydrogen-bond acceptors (Lipinski definition) is 6. The summed E-state index contributed by atoms with van der Waals surface area (Å²) in [5, 5.41) is 0. The monoisotopic (exact) mass is 284 g/mol. The van der Waals surface area contributed by atoms with Gasteiger partial charge in [0.25, 0.3) is 0 Å². The van der Waals surface area contributed by atoms with E-state index >= 15 is 0 Å². The maximum absolute atomic E-state index is 11.7. The molecule has 1 fully saturated rings. The molecule has 1 atom stereocenters. The van der Waals surface area contributed by atoms with Crippen LogP contribution in [0.15, 0.2) is 0 Å². The Labute approximate surface area is 88.8 Å². The number of alkyl halides is 3. The van der Waals surface area contributed by atoms with E-state index in [0.29, 0.717) is 0 Å². The van der Waals surface area contributed by atoms with E-state index < -0.39 is 38.5 Å². The van der Waals surface area contributed by atoms with Crippen molar-refractivity contribution in [3.05, 3.63) is 4.13 Å². The molecule has 0 aromatic carbocycles. The lowest BCUT2D eigenvalue weighted by Gasteiger charge is -2.21. The molecule has 0 aliphatic carbocycles. The third-order valence-corrected chi connectivity index (χ3v) is 3.82. The van der Waals surface area contributed by atoms with Crippen LogP contribution in [0.5, 0.6) is 0 Å². The maximum atomic E-state index is 11.7. The Morgan fingerprint density at radius 3 is 2.19 bits per heavy atom. The molecule has 1 aliphatic heterocycles. The standard InChI is InChI=1S/C4H5F3NO6S2/c5-4(6,7)15(9,10)8-16(11,12)14-2-3-1-13-3/h3H,1-2H2/q-1. The number of halogens is 3. The van der Waals surface area contributed by atoms with E-state index in [1.165, 1.54) is 0 Å². The minimum atomic E-state index is -6.11. The number of epoxide rings is 1. The van der Waals surface area contributed by atoms with Gasteiger partial charge < -0.3 is 8.86 Å². The average molecular weight is 284 g/mol. The first-order valence-electron chi connectivity index (χ1n) is 3.60. The topological polar surface area (TPSA) is 104 Å². The molecule has 7 nitrogen and oxygen atoms in total. The molecular formula is C4H5F3NO6S2-. The van der Waals surface area contributed by atoms with Crippen LogP contribution in [-0.2, 0) is 29.2 Å². The van der Waals surface area contributed by atoms with Crippen LogP contribution in [-0.4, -0.2) is 41.7 Å². The fraction of sp³-hybridized carbons (Fsp3) is 1.00. The van der Waals surface area contributed by atoms with Crippen molar-refractivity contribution >= 4 is 20.3 Å². The number of hydrogen-bond donors (Lipinski definition) is 0. The van der Waals surface area contributed by atoms with Crippen LogP contribution in [0.2, 0.25) is 0 Å². The zero-order valence-electron chi connectivity index (χ0n) is 7.34. The van der Waals surface area contributed by atoms with Crippen molar-refractivity contribution in [1.29, 1.82) is 0 Å². The van der Waals surface area contributed by atoms with Crippen LogP contribution in [0.4, 0.5) is 13.2 Å². The number of sulfonamides is 1. The van der Waals surface area contributed by atoms with Gasteiger partial charge in [0.2, 0.25) is 10.3 Å². The van der Waals surface area contributed by atoms with E-state index in [1.54, 1.807) is 4.13 Å². The minimum Gasteiger partial charge on any atom is -0.404 e. The lowest BCUT2D eigenvalue weighted by molar-refractivity contribution is -0.0425. The first-order chi connectivity index (χ1) is 7.04. The normalized spacial score (nSPS) is 22.1. The molecule has 96 valence electrons. The summed E-state index contributed by atoms with van der Waals surface area (Å²) in [6.07, 6.45) is -0.557. The Morgan fingerprint density at radius 1 is 1.31 bits per heavy atom. The summed E-state index contributed by atoms with van der Waals surface area (Å²) in [4.78, 5) is 0. The molecular weight excluding hydrogens is 279 g/mol. The van der Waals surface area contributed by atoms with Gasteiger partial charge in [-0.2, -0.15) is 13.2 Å². The Hall–Kier alpha value is -0.430. The lowest BCUT2D eigenvalue weighted by Crippen LogP contribution is -2.25. The van der Waals surface area contributed by atoms with Gasteiger partial charge in [0.05, 0.1) is 13.2 Å². The maximum Gasteiger partial charge on any atom is 0.480 e. The van der Waals surface area contributed by atoms with Crippen molar-refractivity contribution in [1.82, 2.24) is 0 Å². The van der Waals surface area contributed by atoms with E-state index in [4.69, 9.17) is 0 Å². The summed E-state index contributed by atoms with van der Waals surface area (Å²) in [6, 6.07) is 0. The predicted octanol–water partition coefficient (Wildman–Crippen LogP) is -0.130. The van der Waals surface area contributed by atoms with Gasteiger partial charge in [0.1, 0.15) is 6.10 Å². The van der Waals surface area contributed by atoms with E-state index in [2.05, 4.69) is 8.92 Å². The summed E-state index contributed by atoms with van der Waals surface area (Å²) in [5.74, 6) is 0. The van der Waals surface area contributed by atoms with Crippen molar-refractivity contribution in [3.63, 3.8) is 0 Å². The van der Waals surface area contributed by atoms with Gasteiger partial charge >= 0.3 is 5.51 Å². The molecule has 1 unspecified atom stereocenters. The quantitative estimate of drug-likeness (QED) is 0.651. The third-order valence-electron chi connectivity index (χ3n) is 1.29. The SMILES string of the molecule is O=S(=O)([N-]S(=O)(=O)C(F)(F)F)OCC1CO1. The molecule has 1 heterocycles. The highest BCUT2D eigenvalue weighted by atomic mass is 32.3. The van der Waals surface area contributed by atoms with Gasteiger partial charge in [0.15, 0.2) is 10.0 Å². The number of ether oxygens (including phenoxy) is 1. The van der Waals surface area contributed by atoms with Gasteiger partial charge in [-0.3, -0.25) is 4.18 Å². The Morgan fingerprint density at radius 2 is 1.81 bits per heavy atom. The molecule has 0 radical (unpaired) electrons. The lowest BCUT2D eigenvalue weighted by atomic mass is 10.5. The van der Waals surface area contributed by atoms with Gasteiger partial charge in [0, 0.05) is 0 Å². The fourth-order valence-electron chi connectivity index (χ4n) is 0.510. The van der Waals surface area contributed by atoms with Gasteiger partial charge in [-0.25, -0.2) is 16.8 Å². The smallest absolute Gasteiger partial charge is 0.404 e. The van der Waals surface area contributed by atoms with Crippen LogP contribution >= 0.6 is 0 Å². The average Bonchev–Trinajstić information content (AvgIpc) is 2.78. The first-order valence-corrected chi connectivity index (χ1v) is 6.40. The number of nitrogens with zero attached hydrogens (tertiary/aromatic N) is 1. The highest BCUT2D eigenvalue weighted by Crippen LogP contribution is 2.30. The van der Waals surface area contributed by atoms with Gasteiger partial charge in [-0.05, 0) is 0 Å². The van der Waals surface area contributed by atoms with E-state index in [1.807, 2.05) is 0 Å². The number of rotatable bonds is 5. The zero-order chi connectivity index (χ0) is 12.6. The molecule has 0 spiro atoms. The molecule has 0 aromatic rings. The van der Waals surface area contributed by atoms with Crippen LogP contribution < -0.4 is 0 Å². The third kappa shape index (κ3) is 3.86. The highest BCUT2D eigenvalue weighted by Gasteiger charge is 2.40. The Kier molecular flexibility index (Phi) is 3.50. The fourth-order valence-corrected chi connectivity index (χ4v) is 2.31. The van der Waals surface area contributed by atoms with Gasteiger partial charge in [-0.1, -0.05) is 0 Å². The van der Waals surface area contributed by atoms with Crippen LogP contribution in [0.25, 0.3) is 4.13 Å². The van der Waals surface area contributed by atoms with Crippen molar-refractivity contribution < 1.29 is 38.9 Å². The minimum absolute atomic E-state index is 0.196. The summed E-state index contributed by atoms with van der Waals surface area (Å²) in [5.41, 5.74) is -5.78. The van der Waals surface area contributed by atoms with Crippen molar-refractivity contribution in [2.45, 2.75) is 11.6 Å². The molecule has 16 heavy (non-hydrogen) atoms. The Bertz CT molecular complexity index is 449. The summed E-state index contributed by atoms with van der Waals surface area (Å²) < 4.78 is 87.4. The van der Waals surface area contributed by atoms with Gasteiger partial charge in [-0.15, -0.1) is 0 Å². The summed E-state index contributed by atoms with van der Waals surface area (Å²) >= 11 is 0. The highest BCUT2D eigenvalue weighted by molar-refractivity contribution is 8.10. The molecule has 1 saturated heterocycles. The van der Waals surface area contributed by atoms with Crippen molar-refractivity contribution in [2.24, 2.45) is 0 Å². The van der Waals surface area contributed by atoms with Crippen LogP contribution in [0.1, 0.15) is 0 Å². The van der Waals surface area contributed by atoms with E-state index in [0.717, 1.165) is 0 Å². The second kappa shape index (κ2) is 4.10. The molecule has 0 N–H and O–H groups in total. The van der Waals surface area contributed by atoms with E-state index in [-0.39, 0.29) is 6.61 Å². The molecule has 0 bridgehead atoms. The summed E-state index contributed by atoms with van der Waals surface area (Å²) in [6.45, 7) is -0.374. The first kappa shape index (κ1) is 13.6. The molecule has 1 aliphatic rings. The van der Waals surface area contributed by atoms with Crippen LogP contribution in [0.3, 0.4) is 0 Å². The molecule has 0 amide bonds. The molecule has 0 saturated carbocycles. The Balaban J connectivity index is 2.64. The van der Waals surface area contributed by atoms with Crippen molar-refractivity contribution in [2.75, 3.05) is 13.2 Å². The second-order valence-electron chi connectivity index (χ2n) is 2.66. The zero-order valence-corrected chi connectivity index (χ0v) is 8.97. The molecule has 1 rings (SSSR count). The van der Waals surface area contributed by atoms with Crippen LogP contribution in [0, 0.1) is 0 Å². The molecule has 0 aromatic heterocycles. The largest absolute Gasteiger partial charge is 0.480 e. The summed E-state index contributed by atoms with van der Waals surface area (Å²) in [7, 11) is -11.3.